The summed E-state index contributed by atoms with van der Waals surface area (Å²) in [6.45, 7) is 3.30. The Morgan fingerprint density at radius 3 is 2.95 bits per heavy atom. The lowest BCUT2D eigenvalue weighted by atomic mass is 10.0. The van der Waals surface area contributed by atoms with Crippen molar-refractivity contribution < 1.29 is 4.74 Å². The number of nitrogens with zero attached hydrogens (tertiary/aromatic N) is 2. The standard InChI is InChI=1S/C15H20ClN3O/c1-2-13(17)11-12-5-3-6-14(16)15(12)20-10-9-19-8-4-7-18-19/h3-8,13H,2,9-11,17H2,1H3. The van der Waals surface area contributed by atoms with Crippen LogP contribution in [0.5, 0.6) is 5.75 Å². The molecule has 108 valence electrons. The fourth-order valence-corrected chi connectivity index (χ4v) is 2.23. The van der Waals surface area contributed by atoms with Gasteiger partial charge in [0.25, 0.3) is 0 Å². The molecule has 1 aromatic carbocycles. The molecule has 1 atom stereocenters. The van der Waals surface area contributed by atoms with Crippen molar-refractivity contribution in [2.24, 2.45) is 5.73 Å². The molecule has 0 saturated carbocycles. The van der Waals surface area contributed by atoms with E-state index in [2.05, 4.69) is 12.0 Å². The molecule has 20 heavy (non-hydrogen) atoms. The minimum Gasteiger partial charge on any atom is -0.490 e. The summed E-state index contributed by atoms with van der Waals surface area (Å²) in [5.74, 6) is 0.741. The Hall–Kier alpha value is -1.52. The number of benzene rings is 1. The van der Waals surface area contributed by atoms with Gasteiger partial charge in [-0.05, 0) is 30.5 Å². The summed E-state index contributed by atoms with van der Waals surface area (Å²) in [6.07, 6.45) is 5.36. The predicted molar refractivity (Wildman–Crippen MR) is 81.1 cm³/mol. The number of halogens is 1. The highest BCUT2D eigenvalue weighted by Crippen LogP contribution is 2.29. The largest absolute Gasteiger partial charge is 0.490 e. The molecule has 5 heteroatoms. The molecule has 1 unspecified atom stereocenters. The fraction of sp³-hybridized carbons (Fsp3) is 0.400. The van der Waals surface area contributed by atoms with Gasteiger partial charge >= 0.3 is 0 Å². The number of para-hydroxylation sites is 1. The third-order valence-corrected chi connectivity index (χ3v) is 3.48. The van der Waals surface area contributed by atoms with Crippen LogP contribution >= 0.6 is 11.6 Å². The number of hydrogen-bond acceptors (Lipinski definition) is 3. The summed E-state index contributed by atoms with van der Waals surface area (Å²) >= 11 is 6.23. The fourth-order valence-electron chi connectivity index (χ4n) is 1.98. The minimum absolute atomic E-state index is 0.127. The third kappa shape index (κ3) is 3.99. The van der Waals surface area contributed by atoms with Gasteiger partial charge < -0.3 is 10.5 Å². The van der Waals surface area contributed by atoms with Gasteiger partial charge in [-0.3, -0.25) is 4.68 Å². The van der Waals surface area contributed by atoms with E-state index in [1.54, 1.807) is 6.20 Å². The quantitative estimate of drug-likeness (QED) is 0.854. The molecule has 1 aromatic heterocycles. The zero-order valence-electron chi connectivity index (χ0n) is 11.6. The average Bonchev–Trinajstić information content (AvgIpc) is 2.95. The number of aromatic nitrogens is 2. The van der Waals surface area contributed by atoms with Crippen molar-refractivity contribution in [2.75, 3.05) is 6.61 Å². The van der Waals surface area contributed by atoms with Crippen molar-refractivity contribution in [1.29, 1.82) is 0 Å². The van der Waals surface area contributed by atoms with Crippen LogP contribution < -0.4 is 10.5 Å². The molecule has 0 amide bonds. The van der Waals surface area contributed by atoms with Crippen molar-refractivity contribution in [2.45, 2.75) is 32.4 Å². The van der Waals surface area contributed by atoms with E-state index in [9.17, 15) is 0 Å². The van der Waals surface area contributed by atoms with E-state index in [4.69, 9.17) is 22.1 Å². The maximum atomic E-state index is 6.23. The lowest BCUT2D eigenvalue weighted by molar-refractivity contribution is 0.288. The molecular weight excluding hydrogens is 274 g/mol. The SMILES string of the molecule is CCC(N)Cc1cccc(Cl)c1OCCn1cccn1. The van der Waals surface area contributed by atoms with Crippen molar-refractivity contribution >= 4 is 11.6 Å². The van der Waals surface area contributed by atoms with E-state index >= 15 is 0 Å². The topological polar surface area (TPSA) is 53.1 Å². The Morgan fingerprint density at radius 1 is 1.40 bits per heavy atom. The Labute approximate surface area is 124 Å². The lowest BCUT2D eigenvalue weighted by Crippen LogP contribution is -2.22. The van der Waals surface area contributed by atoms with Crippen LogP contribution in [0.3, 0.4) is 0 Å². The van der Waals surface area contributed by atoms with E-state index in [-0.39, 0.29) is 6.04 Å². The number of ether oxygens (including phenoxy) is 1. The Balaban J connectivity index is 2.01. The summed E-state index contributed by atoms with van der Waals surface area (Å²) in [5, 5.41) is 4.77. The maximum absolute atomic E-state index is 6.23. The molecule has 0 saturated heterocycles. The molecule has 0 fully saturated rings. The zero-order valence-corrected chi connectivity index (χ0v) is 12.4. The normalized spacial score (nSPS) is 12.3. The van der Waals surface area contributed by atoms with Gasteiger partial charge in [0.15, 0.2) is 0 Å². The number of hydrogen-bond donors (Lipinski definition) is 1. The third-order valence-electron chi connectivity index (χ3n) is 3.18. The van der Waals surface area contributed by atoms with Gasteiger partial charge in [-0.25, -0.2) is 0 Å². The second-order valence-corrected chi connectivity index (χ2v) is 5.13. The van der Waals surface area contributed by atoms with Gasteiger partial charge in [-0.15, -0.1) is 0 Å². The first-order valence-electron chi connectivity index (χ1n) is 6.84. The van der Waals surface area contributed by atoms with Crippen LogP contribution in [0.15, 0.2) is 36.7 Å². The Morgan fingerprint density at radius 2 is 2.25 bits per heavy atom. The van der Waals surface area contributed by atoms with Gasteiger partial charge in [0.05, 0.1) is 11.6 Å². The molecule has 1 heterocycles. The van der Waals surface area contributed by atoms with Crippen LogP contribution in [-0.4, -0.2) is 22.4 Å². The van der Waals surface area contributed by atoms with Gasteiger partial charge in [-0.1, -0.05) is 30.7 Å². The van der Waals surface area contributed by atoms with Crippen LogP contribution in [0.25, 0.3) is 0 Å². The molecule has 0 radical (unpaired) electrons. The highest BCUT2D eigenvalue weighted by atomic mass is 35.5. The minimum atomic E-state index is 0.127. The average molecular weight is 294 g/mol. The van der Waals surface area contributed by atoms with Gasteiger partial charge in [0.2, 0.25) is 0 Å². The molecule has 0 aliphatic rings. The number of nitrogens with two attached hydrogens (primary N) is 1. The van der Waals surface area contributed by atoms with Crippen molar-refractivity contribution in [3.63, 3.8) is 0 Å². The van der Waals surface area contributed by atoms with Crippen molar-refractivity contribution in [3.8, 4) is 5.75 Å². The maximum Gasteiger partial charge on any atom is 0.141 e. The smallest absolute Gasteiger partial charge is 0.141 e. The van der Waals surface area contributed by atoms with E-state index in [0.717, 1.165) is 24.2 Å². The van der Waals surface area contributed by atoms with E-state index in [1.165, 1.54) is 0 Å². The van der Waals surface area contributed by atoms with Crippen LogP contribution in [-0.2, 0) is 13.0 Å². The zero-order chi connectivity index (χ0) is 14.4. The highest BCUT2D eigenvalue weighted by Gasteiger charge is 2.11. The van der Waals surface area contributed by atoms with Crippen LogP contribution in [0.4, 0.5) is 0 Å². The second-order valence-electron chi connectivity index (χ2n) is 4.72. The summed E-state index contributed by atoms with van der Waals surface area (Å²) < 4.78 is 7.67. The summed E-state index contributed by atoms with van der Waals surface area (Å²) in [6, 6.07) is 7.81. The monoisotopic (exact) mass is 293 g/mol. The lowest BCUT2D eigenvalue weighted by Gasteiger charge is -2.15. The van der Waals surface area contributed by atoms with Crippen molar-refractivity contribution in [3.05, 3.63) is 47.2 Å². The summed E-state index contributed by atoms with van der Waals surface area (Å²) in [5.41, 5.74) is 7.08. The molecule has 4 nitrogen and oxygen atoms in total. The Kier molecular flexibility index (Phi) is 5.44. The van der Waals surface area contributed by atoms with E-state index in [0.29, 0.717) is 18.2 Å². The summed E-state index contributed by atoms with van der Waals surface area (Å²) in [7, 11) is 0. The number of rotatable bonds is 7. The molecule has 0 aliphatic heterocycles. The van der Waals surface area contributed by atoms with Gasteiger partial charge in [-0.2, -0.15) is 5.10 Å². The molecular formula is C15H20ClN3O. The molecule has 2 rings (SSSR count). The van der Waals surface area contributed by atoms with Gasteiger partial charge in [0, 0.05) is 18.4 Å². The van der Waals surface area contributed by atoms with E-state index in [1.807, 2.05) is 35.1 Å². The van der Waals surface area contributed by atoms with Crippen LogP contribution in [0.2, 0.25) is 5.02 Å². The molecule has 2 aromatic rings. The molecule has 0 aliphatic carbocycles. The van der Waals surface area contributed by atoms with E-state index < -0.39 is 0 Å². The van der Waals surface area contributed by atoms with Crippen LogP contribution in [0, 0.1) is 0 Å². The highest BCUT2D eigenvalue weighted by molar-refractivity contribution is 6.32. The molecule has 0 spiro atoms. The first kappa shape index (κ1) is 14.9. The van der Waals surface area contributed by atoms with Gasteiger partial charge in [0.1, 0.15) is 12.4 Å². The predicted octanol–water partition coefficient (Wildman–Crippen LogP) is 2.90. The van der Waals surface area contributed by atoms with Crippen LogP contribution in [0.1, 0.15) is 18.9 Å². The first-order valence-corrected chi connectivity index (χ1v) is 7.21. The molecule has 0 bridgehead atoms. The summed E-state index contributed by atoms with van der Waals surface area (Å²) in [4.78, 5) is 0. The second kappa shape index (κ2) is 7.31. The van der Waals surface area contributed by atoms with Crippen molar-refractivity contribution in [1.82, 2.24) is 9.78 Å². The molecule has 2 N–H and O–H groups in total. The first-order chi connectivity index (χ1) is 9.70. The Bertz CT molecular complexity index is 528.